The van der Waals surface area contributed by atoms with Gasteiger partial charge in [-0.15, -0.1) is 0 Å². The van der Waals surface area contributed by atoms with Crippen molar-refractivity contribution in [3.8, 4) is 0 Å². The summed E-state index contributed by atoms with van der Waals surface area (Å²) in [4.78, 5) is 14.7. The Morgan fingerprint density at radius 1 is 1.43 bits per heavy atom. The van der Waals surface area contributed by atoms with E-state index in [4.69, 9.17) is 4.74 Å². The summed E-state index contributed by atoms with van der Waals surface area (Å²) in [5, 5.41) is 9.85. The molecule has 0 saturated carbocycles. The predicted molar refractivity (Wildman–Crippen MR) is 91.6 cm³/mol. The van der Waals surface area contributed by atoms with Crippen LogP contribution < -0.4 is 0 Å². The summed E-state index contributed by atoms with van der Waals surface area (Å²) in [6.45, 7) is 5.94. The van der Waals surface area contributed by atoms with E-state index in [1.54, 1.807) is 7.11 Å². The van der Waals surface area contributed by atoms with Crippen molar-refractivity contribution in [1.82, 2.24) is 4.90 Å². The first-order valence-electron chi connectivity index (χ1n) is 8.48. The predicted octanol–water partition coefficient (Wildman–Crippen LogP) is 2.89. The molecule has 1 fully saturated rings. The normalized spacial score (nSPS) is 19.0. The molecular formula is C19H29NO3. The van der Waals surface area contributed by atoms with Crippen molar-refractivity contribution in [2.75, 3.05) is 26.8 Å². The van der Waals surface area contributed by atoms with Gasteiger partial charge in [0, 0.05) is 25.8 Å². The van der Waals surface area contributed by atoms with Crippen LogP contribution in [0.15, 0.2) is 24.3 Å². The Balaban J connectivity index is 2.01. The number of amides is 1. The quantitative estimate of drug-likeness (QED) is 0.877. The molecule has 1 atom stereocenters. The minimum Gasteiger partial charge on any atom is -0.390 e. The minimum absolute atomic E-state index is 0.107. The van der Waals surface area contributed by atoms with E-state index in [1.165, 1.54) is 0 Å². The third kappa shape index (κ3) is 5.63. The van der Waals surface area contributed by atoms with Crippen molar-refractivity contribution in [1.29, 1.82) is 0 Å². The van der Waals surface area contributed by atoms with Crippen LogP contribution in [0.1, 0.15) is 49.0 Å². The van der Waals surface area contributed by atoms with Gasteiger partial charge in [0.05, 0.1) is 12.2 Å². The average Bonchev–Trinajstić information content (AvgIpc) is 2.52. The van der Waals surface area contributed by atoms with Gasteiger partial charge in [0.2, 0.25) is 0 Å². The Morgan fingerprint density at radius 2 is 2.22 bits per heavy atom. The summed E-state index contributed by atoms with van der Waals surface area (Å²) in [5.41, 5.74) is 1.17. The van der Waals surface area contributed by atoms with Gasteiger partial charge in [-0.3, -0.25) is 4.79 Å². The minimum atomic E-state index is -0.680. The fourth-order valence-electron chi connectivity index (χ4n) is 3.11. The van der Waals surface area contributed by atoms with E-state index >= 15 is 0 Å². The summed E-state index contributed by atoms with van der Waals surface area (Å²) in [5.74, 6) is 0.548. The highest BCUT2D eigenvalue weighted by molar-refractivity contribution is 5.94. The molecule has 1 aromatic carbocycles. The number of hydrogen-bond acceptors (Lipinski definition) is 3. The number of likely N-dealkylation sites (tertiary alicyclic amines) is 1. The smallest absolute Gasteiger partial charge is 0.253 e. The fourth-order valence-corrected chi connectivity index (χ4v) is 3.11. The van der Waals surface area contributed by atoms with Gasteiger partial charge >= 0.3 is 0 Å². The number of aliphatic hydroxyl groups is 1. The highest BCUT2D eigenvalue weighted by atomic mass is 16.5. The van der Waals surface area contributed by atoms with Crippen LogP contribution in [0.4, 0.5) is 0 Å². The zero-order valence-electron chi connectivity index (χ0n) is 14.5. The summed E-state index contributed by atoms with van der Waals surface area (Å²) in [7, 11) is 1.72. The van der Waals surface area contributed by atoms with E-state index in [0.717, 1.165) is 50.1 Å². The lowest BCUT2D eigenvalue weighted by atomic mass is 9.96. The molecule has 0 aliphatic carbocycles. The van der Waals surface area contributed by atoms with Crippen molar-refractivity contribution in [3.63, 3.8) is 0 Å². The van der Waals surface area contributed by atoms with Gasteiger partial charge in [0.25, 0.3) is 5.91 Å². The molecule has 1 saturated heterocycles. The first kappa shape index (κ1) is 18.0. The van der Waals surface area contributed by atoms with Crippen LogP contribution >= 0.6 is 0 Å². The number of piperidine rings is 1. The molecule has 1 heterocycles. The number of carbonyl (C=O) groups excluding carboxylic acids is 1. The standard InChI is InChI=1S/C19H29NO3/c1-19(2,22)10-9-15-6-4-8-17(12-15)18(21)20-11-5-7-16(13-20)14-23-3/h4,6,8,12,16,22H,5,7,9-11,13-14H2,1-3H3/t16-/m1/s1. The SMILES string of the molecule is COC[C@@H]1CCCN(C(=O)c2cccc(CCC(C)(C)O)c2)C1. The monoisotopic (exact) mass is 319 g/mol. The molecule has 0 radical (unpaired) electrons. The summed E-state index contributed by atoms with van der Waals surface area (Å²) < 4.78 is 5.24. The summed E-state index contributed by atoms with van der Waals surface area (Å²) in [6.07, 6.45) is 3.63. The van der Waals surface area contributed by atoms with Crippen molar-refractivity contribution in [2.45, 2.75) is 45.1 Å². The lowest BCUT2D eigenvalue weighted by Gasteiger charge is -2.32. The lowest BCUT2D eigenvalue weighted by Crippen LogP contribution is -2.41. The first-order chi connectivity index (χ1) is 10.9. The third-order valence-electron chi connectivity index (χ3n) is 4.41. The van der Waals surface area contributed by atoms with Crippen LogP contribution in [0.25, 0.3) is 0 Å². The molecule has 0 aromatic heterocycles. The van der Waals surface area contributed by atoms with E-state index in [0.29, 0.717) is 12.3 Å². The third-order valence-corrected chi connectivity index (χ3v) is 4.41. The maximum absolute atomic E-state index is 12.7. The highest BCUT2D eigenvalue weighted by Crippen LogP contribution is 2.20. The maximum Gasteiger partial charge on any atom is 0.253 e. The van der Waals surface area contributed by atoms with Gasteiger partial charge in [0.1, 0.15) is 0 Å². The molecule has 2 rings (SSSR count). The summed E-state index contributed by atoms with van der Waals surface area (Å²) >= 11 is 0. The fraction of sp³-hybridized carbons (Fsp3) is 0.632. The highest BCUT2D eigenvalue weighted by Gasteiger charge is 2.24. The van der Waals surface area contributed by atoms with E-state index in [9.17, 15) is 9.90 Å². The van der Waals surface area contributed by atoms with Gasteiger partial charge in [-0.2, -0.15) is 0 Å². The van der Waals surface area contributed by atoms with Crippen LogP contribution in [0.5, 0.6) is 0 Å². The van der Waals surface area contributed by atoms with Crippen LogP contribution in [0, 0.1) is 5.92 Å². The average molecular weight is 319 g/mol. The molecule has 1 N–H and O–H groups in total. The number of benzene rings is 1. The number of hydrogen-bond donors (Lipinski definition) is 1. The summed E-state index contributed by atoms with van der Waals surface area (Å²) in [6, 6.07) is 7.81. The molecule has 128 valence electrons. The Bertz CT molecular complexity index is 520. The topological polar surface area (TPSA) is 49.8 Å². The van der Waals surface area contributed by atoms with E-state index < -0.39 is 5.60 Å². The second kappa shape index (κ2) is 7.93. The zero-order chi connectivity index (χ0) is 16.9. The molecule has 0 unspecified atom stereocenters. The van der Waals surface area contributed by atoms with E-state index in [1.807, 2.05) is 43.0 Å². The Hall–Kier alpha value is -1.39. The molecule has 23 heavy (non-hydrogen) atoms. The number of nitrogens with zero attached hydrogens (tertiary/aromatic N) is 1. The molecule has 1 aliphatic heterocycles. The van der Waals surface area contributed by atoms with Gasteiger partial charge in [-0.1, -0.05) is 12.1 Å². The van der Waals surface area contributed by atoms with Gasteiger partial charge in [-0.25, -0.2) is 0 Å². The largest absolute Gasteiger partial charge is 0.390 e. The van der Waals surface area contributed by atoms with Gasteiger partial charge < -0.3 is 14.7 Å². The number of aryl methyl sites for hydroxylation is 1. The maximum atomic E-state index is 12.7. The van der Waals surface area contributed by atoms with Crippen molar-refractivity contribution >= 4 is 5.91 Å². The van der Waals surface area contributed by atoms with E-state index in [-0.39, 0.29) is 5.91 Å². The molecule has 0 spiro atoms. The molecular weight excluding hydrogens is 290 g/mol. The van der Waals surface area contributed by atoms with Crippen LogP contribution in [0.3, 0.4) is 0 Å². The number of methoxy groups -OCH3 is 1. The molecule has 4 heteroatoms. The number of ether oxygens (including phenoxy) is 1. The zero-order valence-corrected chi connectivity index (χ0v) is 14.5. The second-order valence-corrected chi connectivity index (χ2v) is 7.23. The molecule has 0 bridgehead atoms. The first-order valence-corrected chi connectivity index (χ1v) is 8.48. The van der Waals surface area contributed by atoms with E-state index in [2.05, 4.69) is 0 Å². The van der Waals surface area contributed by atoms with Crippen LogP contribution in [-0.4, -0.2) is 48.3 Å². The lowest BCUT2D eigenvalue weighted by molar-refractivity contribution is 0.0571. The van der Waals surface area contributed by atoms with Crippen molar-refractivity contribution in [3.05, 3.63) is 35.4 Å². The molecule has 4 nitrogen and oxygen atoms in total. The van der Waals surface area contributed by atoms with Crippen LogP contribution in [0.2, 0.25) is 0 Å². The van der Waals surface area contributed by atoms with Gasteiger partial charge in [-0.05, 0) is 63.1 Å². The molecule has 1 aromatic rings. The van der Waals surface area contributed by atoms with Crippen LogP contribution in [-0.2, 0) is 11.2 Å². The number of carbonyl (C=O) groups is 1. The second-order valence-electron chi connectivity index (χ2n) is 7.23. The Labute approximate surface area is 139 Å². The van der Waals surface area contributed by atoms with Gasteiger partial charge in [0.15, 0.2) is 0 Å². The van der Waals surface area contributed by atoms with Crippen molar-refractivity contribution in [2.24, 2.45) is 5.92 Å². The molecule has 1 aliphatic rings. The Kier molecular flexibility index (Phi) is 6.19. The van der Waals surface area contributed by atoms with Crippen molar-refractivity contribution < 1.29 is 14.6 Å². The molecule has 1 amide bonds. The number of rotatable bonds is 6. The Morgan fingerprint density at radius 3 is 2.91 bits per heavy atom.